The van der Waals surface area contributed by atoms with Crippen LogP contribution in [-0.4, -0.2) is 64.1 Å². The Balaban J connectivity index is 1.97. The summed E-state index contributed by atoms with van der Waals surface area (Å²) in [5.74, 6) is -0.428. The molecule has 0 saturated heterocycles. The molecule has 1 aliphatic rings. The van der Waals surface area contributed by atoms with E-state index < -0.39 is 36.7 Å². The van der Waals surface area contributed by atoms with Gasteiger partial charge in [0.2, 0.25) is 0 Å². The number of hydrogen-bond donors (Lipinski definition) is 3. The minimum atomic E-state index is -2.49. The SMILES string of the molecule is CCC[CH2][Sn]([CH2]CCC)([CH2]CCC)[c]1cccc(CC[C@H](O)/C=C/[C@@H]2[C@@H](C/C=C\CCCC(=O)OC(C)C)[C@@H](O)C[C@H]2O)c1. The normalized spacial score (nSPS) is 21.6. The summed E-state index contributed by atoms with van der Waals surface area (Å²) in [6.45, 7) is 10.7. The van der Waals surface area contributed by atoms with Gasteiger partial charge in [-0.2, -0.15) is 0 Å². The molecule has 0 unspecified atom stereocenters. The second-order valence-corrected chi connectivity index (χ2v) is 26.8. The first-order chi connectivity index (χ1) is 21.2. The molecule has 5 atom stereocenters. The van der Waals surface area contributed by atoms with Gasteiger partial charge in [-0.25, -0.2) is 0 Å². The van der Waals surface area contributed by atoms with Gasteiger partial charge in [-0.3, -0.25) is 4.79 Å². The van der Waals surface area contributed by atoms with Crippen molar-refractivity contribution < 1.29 is 24.9 Å². The van der Waals surface area contributed by atoms with Gasteiger partial charge in [0.25, 0.3) is 0 Å². The van der Waals surface area contributed by atoms with Crippen molar-refractivity contribution in [1.29, 1.82) is 0 Å². The zero-order chi connectivity index (χ0) is 32.4. The Morgan fingerprint density at radius 2 is 1.64 bits per heavy atom. The van der Waals surface area contributed by atoms with Gasteiger partial charge >= 0.3 is 220 Å². The first kappa shape index (κ1) is 39.0. The van der Waals surface area contributed by atoms with E-state index in [2.05, 4.69) is 57.2 Å². The van der Waals surface area contributed by atoms with Gasteiger partial charge in [0.05, 0.1) is 6.10 Å². The molecule has 0 bridgehead atoms. The van der Waals surface area contributed by atoms with Crippen LogP contribution in [0.4, 0.5) is 0 Å². The van der Waals surface area contributed by atoms with Crippen LogP contribution < -0.4 is 3.58 Å². The molecule has 2 rings (SSSR count). The van der Waals surface area contributed by atoms with Gasteiger partial charge in [-0.05, 0) is 26.7 Å². The number of unbranched alkanes of at least 4 members (excludes halogenated alkanes) is 4. The predicted molar refractivity (Wildman–Crippen MR) is 187 cm³/mol. The number of allylic oxidation sites excluding steroid dienone is 2. The van der Waals surface area contributed by atoms with Gasteiger partial charge in [-0.15, -0.1) is 0 Å². The summed E-state index contributed by atoms with van der Waals surface area (Å²) >= 11 is -2.49. The standard InChI is InChI=1S/C26H37O5.3C4H9.Sn/c1-19(2)31-26(30)13-9-4-3-8-12-22-23(25(29)18-24(22)28)17-16-21(27)15-14-20-10-6-5-7-11-20;3*1-3-4-2;/h3,5-6,8,10-11,16-17,19,21-25,27-29H,4,9,12-15,18H2,1-2H3;3*1,3-4H2,2H3;/b8-3-,17-16+;;;;/t21-,22+,23+,24-,25+;;;;/m0..../s1. The summed E-state index contributed by atoms with van der Waals surface area (Å²) in [6.07, 6.45) is 18.3. The summed E-state index contributed by atoms with van der Waals surface area (Å²) < 4.78 is 11.2. The van der Waals surface area contributed by atoms with Crippen LogP contribution in [-0.2, 0) is 16.0 Å². The topological polar surface area (TPSA) is 87.0 Å². The quantitative estimate of drug-likeness (QED) is 0.0490. The van der Waals surface area contributed by atoms with Gasteiger partial charge in [0, 0.05) is 6.42 Å². The fraction of sp³-hybridized carbons (Fsp3) is 0.711. The summed E-state index contributed by atoms with van der Waals surface area (Å²) in [5.41, 5.74) is 1.33. The second-order valence-electron chi connectivity index (χ2n) is 13.5. The molecule has 1 fully saturated rings. The Morgan fingerprint density at radius 3 is 2.25 bits per heavy atom. The van der Waals surface area contributed by atoms with Crippen molar-refractivity contribution in [1.82, 2.24) is 0 Å². The van der Waals surface area contributed by atoms with Gasteiger partial charge in [-0.1, -0.05) is 6.08 Å². The van der Waals surface area contributed by atoms with Crippen LogP contribution in [0.3, 0.4) is 0 Å². The predicted octanol–water partition coefficient (Wildman–Crippen LogP) is 8.02. The third kappa shape index (κ3) is 13.7. The molecule has 0 radical (unpaired) electrons. The molecule has 0 aliphatic heterocycles. The van der Waals surface area contributed by atoms with E-state index in [9.17, 15) is 20.1 Å². The fourth-order valence-electron chi connectivity index (χ4n) is 6.84. The molecular formula is C38H64O5Sn. The molecule has 1 aromatic carbocycles. The summed E-state index contributed by atoms with van der Waals surface area (Å²) in [6, 6.07) is 9.41. The average molecular weight is 720 g/mol. The number of aliphatic hydroxyl groups is 3. The van der Waals surface area contributed by atoms with E-state index in [-0.39, 0.29) is 23.9 Å². The molecular weight excluding hydrogens is 655 g/mol. The molecule has 6 heteroatoms. The van der Waals surface area contributed by atoms with Gasteiger partial charge < -0.3 is 4.74 Å². The maximum atomic E-state index is 11.7. The number of carbonyl (C=O) groups excluding carboxylic acids is 1. The van der Waals surface area contributed by atoms with Crippen LogP contribution >= 0.6 is 0 Å². The third-order valence-electron chi connectivity index (χ3n) is 9.46. The zero-order valence-electron chi connectivity index (χ0n) is 28.6. The van der Waals surface area contributed by atoms with E-state index in [1.165, 1.54) is 57.4 Å². The molecule has 0 heterocycles. The summed E-state index contributed by atoms with van der Waals surface area (Å²) in [5, 5.41) is 32.2. The van der Waals surface area contributed by atoms with Crippen molar-refractivity contribution in [2.75, 3.05) is 0 Å². The van der Waals surface area contributed by atoms with Crippen LogP contribution in [0.5, 0.6) is 0 Å². The molecule has 1 saturated carbocycles. The van der Waals surface area contributed by atoms with Crippen molar-refractivity contribution in [3.05, 3.63) is 54.1 Å². The number of aryl methyl sites for hydroxylation is 1. The van der Waals surface area contributed by atoms with Crippen molar-refractivity contribution in [2.45, 2.75) is 156 Å². The molecule has 0 spiro atoms. The van der Waals surface area contributed by atoms with Crippen molar-refractivity contribution in [2.24, 2.45) is 11.8 Å². The monoisotopic (exact) mass is 720 g/mol. The van der Waals surface area contributed by atoms with Gasteiger partial charge in [0.1, 0.15) is 0 Å². The third-order valence-corrected chi connectivity index (χ3v) is 25.1. The number of carbonyl (C=O) groups is 1. The van der Waals surface area contributed by atoms with E-state index in [1.54, 1.807) is 3.58 Å². The number of ether oxygens (including phenoxy) is 1. The first-order valence-corrected chi connectivity index (χ1v) is 25.3. The fourth-order valence-corrected chi connectivity index (χ4v) is 23.0. The molecule has 0 aromatic heterocycles. The van der Waals surface area contributed by atoms with E-state index in [0.29, 0.717) is 25.7 Å². The molecule has 250 valence electrons. The Kier molecular flexibility index (Phi) is 19.2. The number of rotatable bonds is 22. The molecule has 1 aliphatic carbocycles. The van der Waals surface area contributed by atoms with E-state index in [1.807, 2.05) is 26.0 Å². The van der Waals surface area contributed by atoms with Crippen molar-refractivity contribution in [3.63, 3.8) is 0 Å². The number of hydrogen-bond acceptors (Lipinski definition) is 5. The maximum absolute atomic E-state index is 11.7. The van der Waals surface area contributed by atoms with Crippen LogP contribution in [0, 0.1) is 11.8 Å². The molecule has 1 aromatic rings. The zero-order valence-corrected chi connectivity index (χ0v) is 31.4. The summed E-state index contributed by atoms with van der Waals surface area (Å²) in [4.78, 5) is 11.7. The molecule has 0 amide bonds. The van der Waals surface area contributed by atoms with Crippen molar-refractivity contribution >= 4 is 27.9 Å². The van der Waals surface area contributed by atoms with E-state index in [0.717, 1.165) is 19.3 Å². The Bertz CT molecular complexity index is 967. The van der Waals surface area contributed by atoms with Gasteiger partial charge in [0.15, 0.2) is 0 Å². The molecule has 3 N–H and O–H groups in total. The van der Waals surface area contributed by atoms with E-state index in [4.69, 9.17) is 4.74 Å². The van der Waals surface area contributed by atoms with Crippen LogP contribution in [0.2, 0.25) is 13.3 Å². The van der Waals surface area contributed by atoms with Crippen LogP contribution in [0.1, 0.15) is 117 Å². The first-order valence-electron chi connectivity index (χ1n) is 17.8. The van der Waals surface area contributed by atoms with E-state index >= 15 is 0 Å². The molecule has 5 nitrogen and oxygen atoms in total. The Hall–Kier alpha value is -1.15. The summed E-state index contributed by atoms with van der Waals surface area (Å²) in [7, 11) is 0. The second kappa shape index (κ2) is 21.6. The Morgan fingerprint density at radius 1 is 0.977 bits per heavy atom. The minimum absolute atomic E-state index is 0.0812. The number of aliphatic hydroxyl groups excluding tert-OH is 3. The molecule has 44 heavy (non-hydrogen) atoms. The average Bonchev–Trinajstić information content (AvgIpc) is 3.27. The van der Waals surface area contributed by atoms with Crippen molar-refractivity contribution in [3.8, 4) is 0 Å². The number of esters is 1. The van der Waals surface area contributed by atoms with Crippen LogP contribution in [0.25, 0.3) is 0 Å². The van der Waals surface area contributed by atoms with Crippen LogP contribution in [0.15, 0.2) is 48.6 Å². The number of benzene rings is 1. The Labute approximate surface area is 273 Å².